The van der Waals surface area contributed by atoms with Crippen LogP contribution in [0.3, 0.4) is 0 Å². The first-order chi connectivity index (χ1) is 11.8. The summed E-state index contributed by atoms with van der Waals surface area (Å²) in [4.78, 5) is 17.9. The maximum absolute atomic E-state index is 11.8. The molecule has 0 atom stereocenters. The van der Waals surface area contributed by atoms with Gasteiger partial charge < -0.3 is 15.5 Å². The lowest BCUT2D eigenvalue weighted by Crippen LogP contribution is -2.36. The van der Waals surface area contributed by atoms with Crippen molar-refractivity contribution in [1.29, 1.82) is 0 Å². The highest BCUT2D eigenvalue weighted by Gasteiger charge is 2.21. The fourth-order valence-electron chi connectivity index (χ4n) is 2.70. The standard InChI is InChI=1S/C18H22N4OS.HI/c1-19-18(21-12-15-8-10-24-13-15)20-11-14-4-6-16(7-5-14)22-9-2-3-17(22)23;/h4-8,10,13H,2-3,9,11-12H2,1H3,(H2,19,20,21);1H. The van der Waals surface area contributed by atoms with Crippen LogP contribution in [0.5, 0.6) is 0 Å². The monoisotopic (exact) mass is 470 g/mol. The van der Waals surface area contributed by atoms with Crippen molar-refractivity contribution >= 4 is 52.9 Å². The van der Waals surface area contributed by atoms with E-state index in [1.807, 2.05) is 17.0 Å². The van der Waals surface area contributed by atoms with Crippen LogP contribution in [0, 0.1) is 0 Å². The van der Waals surface area contributed by atoms with E-state index in [-0.39, 0.29) is 29.9 Å². The highest BCUT2D eigenvalue weighted by atomic mass is 127. The zero-order valence-corrected chi connectivity index (χ0v) is 17.3. The Morgan fingerprint density at radius 3 is 2.44 bits per heavy atom. The summed E-state index contributed by atoms with van der Waals surface area (Å²) < 4.78 is 0. The molecule has 1 saturated heterocycles. The summed E-state index contributed by atoms with van der Waals surface area (Å²) in [5.41, 5.74) is 3.40. The minimum Gasteiger partial charge on any atom is -0.352 e. The Labute approximate surface area is 169 Å². The topological polar surface area (TPSA) is 56.7 Å². The van der Waals surface area contributed by atoms with E-state index in [0.717, 1.165) is 36.7 Å². The average molecular weight is 470 g/mol. The zero-order valence-electron chi connectivity index (χ0n) is 14.2. The fraction of sp³-hybridized carbons (Fsp3) is 0.333. The van der Waals surface area contributed by atoms with Gasteiger partial charge >= 0.3 is 0 Å². The molecule has 3 rings (SSSR count). The van der Waals surface area contributed by atoms with Gasteiger partial charge in [0.15, 0.2) is 5.96 Å². The number of aliphatic imine (C=N–C) groups is 1. The predicted octanol–water partition coefficient (Wildman–Crippen LogP) is 3.36. The maximum atomic E-state index is 11.8. The van der Waals surface area contributed by atoms with Crippen LogP contribution in [0.2, 0.25) is 0 Å². The SMILES string of the molecule is CN=C(NCc1ccc(N2CCCC2=O)cc1)NCc1ccsc1.I. The Hall–Kier alpha value is -1.61. The molecule has 1 amide bonds. The lowest BCUT2D eigenvalue weighted by atomic mass is 10.2. The molecule has 1 aliphatic rings. The van der Waals surface area contributed by atoms with Gasteiger partial charge in [0, 0.05) is 38.8 Å². The normalized spacial score (nSPS) is 14.4. The van der Waals surface area contributed by atoms with Crippen LogP contribution in [0.1, 0.15) is 24.0 Å². The number of anilines is 1. The first kappa shape index (κ1) is 19.7. The number of nitrogens with zero attached hydrogens (tertiary/aromatic N) is 2. The number of benzene rings is 1. The molecule has 7 heteroatoms. The first-order valence-electron chi connectivity index (χ1n) is 8.11. The first-order valence-corrected chi connectivity index (χ1v) is 9.05. The molecule has 0 radical (unpaired) electrons. The predicted molar refractivity (Wildman–Crippen MR) is 115 cm³/mol. The molecule has 0 aliphatic carbocycles. The summed E-state index contributed by atoms with van der Waals surface area (Å²) in [5.74, 6) is 0.999. The van der Waals surface area contributed by atoms with Gasteiger partial charge in [-0.3, -0.25) is 9.79 Å². The number of nitrogens with one attached hydrogen (secondary N) is 2. The number of hydrogen-bond acceptors (Lipinski definition) is 3. The molecule has 2 heterocycles. The number of rotatable bonds is 5. The largest absolute Gasteiger partial charge is 0.352 e. The minimum atomic E-state index is 0. The zero-order chi connectivity index (χ0) is 16.8. The van der Waals surface area contributed by atoms with Gasteiger partial charge in [0.05, 0.1) is 0 Å². The van der Waals surface area contributed by atoms with Crippen LogP contribution in [0.4, 0.5) is 5.69 Å². The van der Waals surface area contributed by atoms with Gasteiger partial charge in [-0.25, -0.2) is 0 Å². The van der Waals surface area contributed by atoms with E-state index < -0.39 is 0 Å². The van der Waals surface area contributed by atoms with Gasteiger partial charge in [-0.2, -0.15) is 11.3 Å². The summed E-state index contributed by atoms with van der Waals surface area (Å²) in [6.45, 7) is 2.28. The Morgan fingerprint density at radius 1 is 1.16 bits per heavy atom. The Morgan fingerprint density at radius 2 is 1.88 bits per heavy atom. The Balaban J connectivity index is 0.00000225. The average Bonchev–Trinajstić information content (AvgIpc) is 3.27. The van der Waals surface area contributed by atoms with Gasteiger partial charge in [0.25, 0.3) is 0 Å². The van der Waals surface area contributed by atoms with Crippen LogP contribution in [-0.2, 0) is 17.9 Å². The number of hydrogen-bond donors (Lipinski definition) is 2. The maximum Gasteiger partial charge on any atom is 0.227 e. The van der Waals surface area contributed by atoms with E-state index in [4.69, 9.17) is 0 Å². The van der Waals surface area contributed by atoms with Crippen molar-refractivity contribution < 1.29 is 4.79 Å². The summed E-state index contributed by atoms with van der Waals surface area (Å²) in [7, 11) is 1.77. The van der Waals surface area contributed by atoms with Crippen molar-refractivity contribution in [3.05, 3.63) is 52.2 Å². The van der Waals surface area contributed by atoms with Crippen LogP contribution in [0.25, 0.3) is 0 Å². The second kappa shape index (κ2) is 9.76. The molecular weight excluding hydrogens is 447 g/mol. The third-order valence-electron chi connectivity index (χ3n) is 4.05. The van der Waals surface area contributed by atoms with Crippen LogP contribution in [0.15, 0.2) is 46.1 Å². The quantitative estimate of drug-likeness (QED) is 0.401. The summed E-state index contributed by atoms with van der Waals surface area (Å²) >= 11 is 1.69. The second-order valence-electron chi connectivity index (χ2n) is 5.73. The highest BCUT2D eigenvalue weighted by molar-refractivity contribution is 14.0. The van der Waals surface area contributed by atoms with Gasteiger partial charge in [-0.15, -0.1) is 24.0 Å². The molecule has 25 heavy (non-hydrogen) atoms. The number of halogens is 1. The third-order valence-corrected chi connectivity index (χ3v) is 4.78. The molecule has 0 spiro atoms. The van der Waals surface area contributed by atoms with Crippen molar-refractivity contribution in [2.24, 2.45) is 4.99 Å². The molecule has 0 unspecified atom stereocenters. The Bertz CT molecular complexity index is 700. The van der Waals surface area contributed by atoms with Crippen molar-refractivity contribution in [1.82, 2.24) is 10.6 Å². The summed E-state index contributed by atoms with van der Waals surface area (Å²) in [6, 6.07) is 10.2. The van der Waals surface area contributed by atoms with Gasteiger partial charge in [-0.1, -0.05) is 12.1 Å². The van der Waals surface area contributed by atoms with Gasteiger partial charge in [-0.05, 0) is 46.5 Å². The van der Waals surface area contributed by atoms with Crippen molar-refractivity contribution in [2.75, 3.05) is 18.5 Å². The number of amides is 1. The molecular formula is C18H23IN4OS. The molecule has 1 aromatic carbocycles. The van der Waals surface area contributed by atoms with E-state index in [9.17, 15) is 4.79 Å². The van der Waals surface area contributed by atoms with E-state index in [2.05, 4.69) is 44.6 Å². The molecule has 2 N–H and O–H groups in total. The number of thiophene rings is 1. The smallest absolute Gasteiger partial charge is 0.227 e. The summed E-state index contributed by atoms with van der Waals surface area (Å²) in [5, 5.41) is 10.8. The van der Waals surface area contributed by atoms with Crippen molar-refractivity contribution in [3.63, 3.8) is 0 Å². The Kier molecular flexibility index (Phi) is 7.70. The fourth-order valence-corrected chi connectivity index (χ4v) is 3.37. The van der Waals surface area contributed by atoms with Crippen LogP contribution in [-0.4, -0.2) is 25.5 Å². The van der Waals surface area contributed by atoms with E-state index in [1.165, 1.54) is 5.56 Å². The van der Waals surface area contributed by atoms with E-state index >= 15 is 0 Å². The van der Waals surface area contributed by atoms with Crippen LogP contribution >= 0.6 is 35.3 Å². The second-order valence-corrected chi connectivity index (χ2v) is 6.51. The molecule has 5 nitrogen and oxygen atoms in total. The van der Waals surface area contributed by atoms with Gasteiger partial charge in [0.2, 0.25) is 5.91 Å². The highest BCUT2D eigenvalue weighted by Crippen LogP contribution is 2.21. The van der Waals surface area contributed by atoms with E-state index in [0.29, 0.717) is 13.0 Å². The van der Waals surface area contributed by atoms with Gasteiger partial charge in [0.1, 0.15) is 0 Å². The van der Waals surface area contributed by atoms with E-state index in [1.54, 1.807) is 18.4 Å². The minimum absolute atomic E-state index is 0. The van der Waals surface area contributed by atoms with Crippen molar-refractivity contribution in [3.8, 4) is 0 Å². The number of guanidine groups is 1. The molecule has 1 aromatic heterocycles. The molecule has 1 fully saturated rings. The van der Waals surface area contributed by atoms with Crippen LogP contribution < -0.4 is 15.5 Å². The molecule has 1 aliphatic heterocycles. The summed E-state index contributed by atoms with van der Waals surface area (Å²) in [6.07, 6.45) is 1.61. The molecule has 134 valence electrons. The molecule has 2 aromatic rings. The van der Waals surface area contributed by atoms with Crippen molar-refractivity contribution in [2.45, 2.75) is 25.9 Å². The number of carbonyl (C=O) groups is 1. The lowest BCUT2D eigenvalue weighted by molar-refractivity contribution is -0.117. The lowest BCUT2D eigenvalue weighted by Gasteiger charge is -2.16. The number of carbonyl (C=O) groups excluding carboxylic acids is 1. The third kappa shape index (κ3) is 5.43. The molecule has 0 bridgehead atoms. The molecule has 0 saturated carbocycles.